The van der Waals surface area contributed by atoms with Gasteiger partial charge in [0.05, 0.1) is 5.71 Å². The second-order valence-corrected chi connectivity index (χ2v) is 3.85. The molecule has 13 heavy (non-hydrogen) atoms. The maximum absolute atomic E-state index is 4.97. The Labute approximate surface area is 92.1 Å². The molecule has 0 unspecified atom stereocenters. The van der Waals surface area contributed by atoms with Gasteiger partial charge in [0.15, 0.2) is 0 Å². The van der Waals surface area contributed by atoms with Gasteiger partial charge in [0, 0.05) is 3.57 Å². The second-order valence-electron chi connectivity index (χ2n) is 2.60. The predicted octanol–water partition coefficient (Wildman–Crippen LogP) is 3.05. The van der Waals surface area contributed by atoms with E-state index in [1.54, 1.807) is 0 Å². The number of oxime groups is 1. The largest absolute Gasteiger partial charge is 0.396 e. The Balaban J connectivity index is 2.77. The van der Waals surface area contributed by atoms with Crippen LogP contribution in [0.3, 0.4) is 0 Å². The van der Waals surface area contributed by atoms with E-state index < -0.39 is 0 Å². The minimum absolute atomic E-state index is 0.613. The molecule has 0 aliphatic rings. The molecule has 1 rings (SSSR count). The summed E-state index contributed by atoms with van der Waals surface area (Å²) in [5, 5.41) is 3.96. The molecule has 0 saturated carbocycles. The van der Waals surface area contributed by atoms with Gasteiger partial charge in [-0.25, -0.2) is 0 Å². The molecular weight excluding hydrogens is 277 g/mol. The topological polar surface area (TPSA) is 21.6 Å². The molecule has 70 valence electrons. The van der Waals surface area contributed by atoms with Crippen LogP contribution in [0.25, 0.3) is 0 Å². The lowest BCUT2D eigenvalue weighted by Gasteiger charge is -2.00. The van der Waals surface area contributed by atoms with Gasteiger partial charge in [-0.15, -0.1) is 0 Å². The van der Waals surface area contributed by atoms with E-state index >= 15 is 0 Å². The maximum Gasteiger partial charge on any atom is 0.114 e. The van der Waals surface area contributed by atoms with Gasteiger partial charge in [-0.3, -0.25) is 0 Å². The average Bonchev–Trinajstić information content (AvgIpc) is 2.15. The van der Waals surface area contributed by atoms with Crippen molar-refractivity contribution >= 4 is 28.3 Å². The molecule has 0 radical (unpaired) electrons. The van der Waals surface area contributed by atoms with Crippen LogP contribution in [0.1, 0.15) is 19.4 Å². The summed E-state index contributed by atoms with van der Waals surface area (Å²) in [7, 11) is 0. The van der Waals surface area contributed by atoms with Gasteiger partial charge in [-0.05, 0) is 54.1 Å². The van der Waals surface area contributed by atoms with E-state index in [2.05, 4.69) is 39.9 Å². The van der Waals surface area contributed by atoms with Gasteiger partial charge in [0.2, 0.25) is 0 Å². The summed E-state index contributed by atoms with van der Waals surface area (Å²) in [5.74, 6) is 0. The van der Waals surface area contributed by atoms with Gasteiger partial charge >= 0.3 is 0 Å². The van der Waals surface area contributed by atoms with Crippen LogP contribution < -0.4 is 0 Å². The minimum Gasteiger partial charge on any atom is -0.396 e. The smallest absolute Gasteiger partial charge is 0.114 e. The van der Waals surface area contributed by atoms with E-state index in [0.717, 1.165) is 11.3 Å². The van der Waals surface area contributed by atoms with Gasteiger partial charge in [-0.2, -0.15) is 0 Å². The monoisotopic (exact) mass is 289 g/mol. The molecule has 0 aliphatic heterocycles. The Hall–Kier alpha value is -0.580. The third kappa shape index (κ3) is 3.34. The third-order valence-corrected chi connectivity index (χ3v) is 2.31. The minimum atomic E-state index is 0.613. The van der Waals surface area contributed by atoms with Crippen molar-refractivity contribution in [2.75, 3.05) is 6.61 Å². The van der Waals surface area contributed by atoms with Crippen molar-refractivity contribution in [2.24, 2.45) is 5.16 Å². The van der Waals surface area contributed by atoms with Gasteiger partial charge in [0.25, 0.3) is 0 Å². The summed E-state index contributed by atoms with van der Waals surface area (Å²) in [6, 6.07) is 8.20. The zero-order valence-electron chi connectivity index (χ0n) is 7.75. The van der Waals surface area contributed by atoms with Crippen molar-refractivity contribution in [3.63, 3.8) is 0 Å². The van der Waals surface area contributed by atoms with Crippen molar-refractivity contribution in [1.29, 1.82) is 0 Å². The summed E-state index contributed by atoms with van der Waals surface area (Å²) >= 11 is 2.28. The van der Waals surface area contributed by atoms with Gasteiger partial charge < -0.3 is 4.84 Å². The predicted molar refractivity (Wildman–Crippen MR) is 63.0 cm³/mol. The number of hydrogen-bond donors (Lipinski definition) is 0. The van der Waals surface area contributed by atoms with Crippen molar-refractivity contribution in [1.82, 2.24) is 0 Å². The summed E-state index contributed by atoms with van der Waals surface area (Å²) in [6.07, 6.45) is 0. The summed E-state index contributed by atoms with van der Waals surface area (Å²) in [6.45, 7) is 4.48. The highest BCUT2D eigenvalue weighted by Crippen LogP contribution is 2.07. The first-order valence-electron chi connectivity index (χ1n) is 4.16. The Morgan fingerprint density at radius 1 is 1.38 bits per heavy atom. The standard InChI is InChI=1S/C10H12INO/c1-3-13-12-8(2)9-4-6-10(11)7-5-9/h4-7H,3H2,1-2H3/b12-8-. The van der Waals surface area contributed by atoms with E-state index in [9.17, 15) is 0 Å². The molecular formula is C10H12INO. The highest BCUT2D eigenvalue weighted by Gasteiger charge is 1.96. The fraction of sp³-hybridized carbons (Fsp3) is 0.300. The quantitative estimate of drug-likeness (QED) is 0.476. The molecule has 0 N–H and O–H groups in total. The summed E-state index contributed by atoms with van der Waals surface area (Å²) < 4.78 is 1.23. The number of halogens is 1. The lowest BCUT2D eigenvalue weighted by Crippen LogP contribution is -1.95. The van der Waals surface area contributed by atoms with Crippen molar-refractivity contribution in [3.05, 3.63) is 33.4 Å². The molecule has 0 amide bonds. The molecule has 2 nitrogen and oxygen atoms in total. The SMILES string of the molecule is CCO/N=C(/C)c1ccc(I)cc1. The van der Waals surface area contributed by atoms with E-state index in [1.165, 1.54) is 3.57 Å². The zero-order valence-corrected chi connectivity index (χ0v) is 9.91. The van der Waals surface area contributed by atoms with E-state index in [1.807, 2.05) is 26.0 Å². The highest BCUT2D eigenvalue weighted by molar-refractivity contribution is 14.1. The fourth-order valence-electron chi connectivity index (χ4n) is 0.905. The Bertz CT molecular complexity index is 292. The van der Waals surface area contributed by atoms with Gasteiger partial charge in [0.1, 0.15) is 6.61 Å². The van der Waals surface area contributed by atoms with Crippen LogP contribution in [-0.2, 0) is 4.84 Å². The average molecular weight is 289 g/mol. The molecule has 0 bridgehead atoms. The van der Waals surface area contributed by atoms with E-state index in [4.69, 9.17) is 4.84 Å². The first kappa shape index (κ1) is 10.5. The maximum atomic E-state index is 4.97. The fourth-order valence-corrected chi connectivity index (χ4v) is 1.26. The molecule has 0 aromatic heterocycles. The molecule has 0 atom stereocenters. The number of benzene rings is 1. The Morgan fingerprint density at radius 2 is 2.00 bits per heavy atom. The zero-order chi connectivity index (χ0) is 9.68. The van der Waals surface area contributed by atoms with Crippen LogP contribution in [0, 0.1) is 3.57 Å². The summed E-state index contributed by atoms with van der Waals surface area (Å²) in [5.41, 5.74) is 2.02. The molecule has 1 aromatic carbocycles. The molecule has 0 spiro atoms. The highest BCUT2D eigenvalue weighted by atomic mass is 127. The van der Waals surface area contributed by atoms with Crippen LogP contribution in [0.2, 0.25) is 0 Å². The van der Waals surface area contributed by atoms with Crippen LogP contribution in [0.4, 0.5) is 0 Å². The number of hydrogen-bond acceptors (Lipinski definition) is 2. The lowest BCUT2D eigenvalue weighted by atomic mass is 10.1. The molecule has 3 heteroatoms. The molecule has 1 aromatic rings. The van der Waals surface area contributed by atoms with E-state index in [0.29, 0.717) is 6.61 Å². The van der Waals surface area contributed by atoms with Crippen LogP contribution >= 0.6 is 22.6 Å². The second kappa shape index (κ2) is 5.21. The van der Waals surface area contributed by atoms with Crippen LogP contribution in [0.15, 0.2) is 29.4 Å². The first-order chi connectivity index (χ1) is 6.24. The molecule has 0 aliphatic carbocycles. The molecule has 0 fully saturated rings. The Kier molecular flexibility index (Phi) is 4.21. The van der Waals surface area contributed by atoms with Crippen molar-refractivity contribution in [2.45, 2.75) is 13.8 Å². The molecule has 0 saturated heterocycles. The first-order valence-corrected chi connectivity index (χ1v) is 5.24. The van der Waals surface area contributed by atoms with Crippen molar-refractivity contribution < 1.29 is 4.84 Å². The van der Waals surface area contributed by atoms with Crippen LogP contribution in [-0.4, -0.2) is 12.3 Å². The summed E-state index contributed by atoms with van der Waals surface area (Å²) in [4.78, 5) is 4.97. The lowest BCUT2D eigenvalue weighted by molar-refractivity contribution is 0.159. The molecule has 0 heterocycles. The van der Waals surface area contributed by atoms with Crippen LogP contribution in [0.5, 0.6) is 0 Å². The van der Waals surface area contributed by atoms with Crippen molar-refractivity contribution in [3.8, 4) is 0 Å². The van der Waals surface area contributed by atoms with E-state index in [-0.39, 0.29) is 0 Å². The third-order valence-electron chi connectivity index (χ3n) is 1.59. The number of nitrogens with zero attached hydrogens (tertiary/aromatic N) is 1. The Morgan fingerprint density at radius 3 is 2.54 bits per heavy atom. The van der Waals surface area contributed by atoms with Gasteiger partial charge in [-0.1, -0.05) is 17.3 Å². The number of rotatable bonds is 3. The normalized spacial score (nSPS) is 11.5.